The van der Waals surface area contributed by atoms with Gasteiger partial charge in [0.15, 0.2) is 6.10 Å². The zero-order chi connectivity index (χ0) is 15.7. The number of carbonyl (C=O) groups excluding carboxylic acids is 1. The lowest BCUT2D eigenvalue weighted by Crippen LogP contribution is -2.47. The fraction of sp³-hybridized carbons (Fsp3) is 0.846. The van der Waals surface area contributed by atoms with Crippen molar-refractivity contribution in [1.29, 1.82) is 0 Å². The number of carboxylic acids is 1. The number of nitrogens with zero attached hydrogens (tertiary/aromatic N) is 2. The summed E-state index contributed by atoms with van der Waals surface area (Å²) in [6, 6.07) is -0.260. The largest absolute Gasteiger partial charge is 0.479 e. The van der Waals surface area contributed by atoms with E-state index in [4.69, 9.17) is 9.84 Å². The molecule has 0 radical (unpaired) electrons. The number of carbonyl (C=O) groups is 2. The smallest absolute Gasteiger partial charge is 0.334 e. The Morgan fingerprint density at radius 1 is 1.25 bits per heavy atom. The molecular weight excluding hydrogens is 262 g/mol. The first-order valence-corrected chi connectivity index (χ1v) is 6.71. The molecule has 7 nitrogen and oxygen atoms in total. The average Bonchev–Trinajstić information content (AvgIpc) is 2.33. The van der Waals surface area contributed by atoms with Crippen molar-refractivity contribution in [2.24, 2.45) is 5.92 Å². The lowest BCUT2D eigenvalue weighted by Gasteiger charge is -2.26. The zero-order valence-corrected chi connectivity index (χ0v) is 13.0. The summed E-state index contributed by atoms with van der Waals surface area (Å²) in [4.78, 5) is 26.6. The molecule has 0 aliphatic carbocycles. The van der Waals surface area contributed by atoms with Crippen LogP contribution in [0.5, 0.6) is 0 Å². The van der Waals surface area contributed by atoms with Gasteiger partial charge < -0.3 is 25.0 Å². The maximum atomic E-state index is 12.1. The Kier molecular flexibility index (Phi) is 8.91. The van der Waals surface area contributed by atoms with E-state index in [1.807, 2.05) is 32.8 Å². The standard InChI is InChI=1S/C13H27N3O4/c1-10(2)9-16(7-6-15(3)4)13(19)14-8-11(20-5)12(17)18/h10-11H,6-9H2,1-5H3,(H,14,19)(H,17,18). The number of hydrogen-bond acceptors (Lipinski definition) is 4. The van der Waals surface area contributed by atoms with E-state index in [1.54, 1.807) is 4.90 Å². The molecule has 0 bridgehead atoms. The number of amides is 2. The predicted molar refractivity (Wildman–Crippen MR) is 76.8 cm³/mol. The first-order valence-electron chi connectivity index (χ1n) is 6.71. The molecule has 7 heteroatoms. The van der Waals surface area contributed by atoms with Crippen LogP contribution in [0, 0.1) is 5.92 Å². The van der Waals surface area contributed by atoms with Crippen molar-refractivity contribution in [2.75, 3.05) is 47.4 Å². The summed E-state index contributed by atoms with van der Waals surface area (Å²) >= 11 is 0. The van der Waals surface area contributed by atoms with Gasteiger partial charge in [-0.3, -0.25) is 0 Å². The molecule has 0 rings (SSSR count). The number of rotatable bonds is 9. The maximum Gasteiger partial charge on any atom is 0.334 e. The third-order valence-corrected chi connectivity index (χ3v) is 2.69. The van der Waals surface area contributed by atoms with E-state index in [1.165, 1.54) is 7.11 Å². The molecule has 0 aliphatic rings. The lowest BCUT2D eigenvalue weighted by molar-refractivity contribution is -0.148. The van der Waals surface area contributed by atoms with Gasteiger partial charge in [0.1, 0.15) is 0 Å². The van der Waals surface area contributed by atoms with Crippen LogP contribution >= 0.6 is 0 Å². The van der Waals surface area contributed by atoms with Crippen molar-refractivity contribution >= 4 is 12.0 Å². The van der Waals surface area contributed by atoms with E-state index < -0.39 is 12.1 Å². The van der Waals surface area contributed by atoms with Crippen LogP contribution in [0.4, 0.5) is 4.79 Å². The monoisotopic (exact) mass is 289 g/mol. The van der Waals surface area contributed by atoms with Crippen molar-refractivity contribution in [3.05, 3.63) is 0 Å². The van der Waals surface area contributed by atoms with Gasteiger partial charge in [0, 0.05) is 26.7 Å². The second kappa shape index (κ2) is 9.55. The van der Waals surface area contributed by atoms with Crippen molar-refractivity contribution in [1.82, 2.24) is 15.1 Å². The van der Waals surface area contributed by atoms with E-state index in [9.17, 15) is 9.59 Å². The fourth-order valence-corrected chi connectivity index (χ4v) is 1.60. The Hall–Kier alpha value is -1.34. The van der Waals surface area contributed by atoms with Crippen LogP contribution in [0.1, 0.15) is 13.8 Å². The molecule has 0 spiro atoms. The quantitative estimate of drug-likeness (QED) is 0.638. The Balaban J connectivity index is 4.42. The van der Waals surface area contributed by atoms with E-state index >= 15 is 0 Å². The number of urea groups is 1. The van der Waals surface area contributed by atoms with Gasteiger partial charge in [0.25, 0.3) is 0 Å². The molecule has 20 heavy (non-hydrogen) atoms. The zero-order valence-electron chi connectivity index (χ0n) is 13.0. The molecule has 0 fully saturated rings. The first kappa shape index (κ1) is 18.7. The molecule has 1 atom stereocenters. The molecule has 2 N–H and O–H groups in total. The van der Waals surface area contributed by atoms with E-state index in [0.29, 0.717) is 19.0 Å². The highest BCUT2D eigenvalue weighted by molar-refractivity contribution is 5.77. The summed E-state index contributed by atoms with van der Waals surface area (Å²) in [6.07, 6.45) is -1.02. The van der Waals surface area contributed by atoms with Crippen molar-refractivity contribution in [3.8, 4) is 0 Å². The molecule has 0 aromatic carbocycles. The summed E-state index contributed by atoms with van der Waals surface area (Å²) in [6.45, 7) is 6.01. The Labute approximate surface area is 120 Å². The van der Waals surface area contributed by atoms with Gasteiger partial charge in [-0.15, -0.1) is 0 Å². The second-order valence-corrected chi connectivity index (χ2v) is 5.39. The van der Waals surface area contributed by atoms with Crippen LogP contribution in [0.15, 0.2) is 0 Å². The summed E-state index contributed by atoms with van der Waals surface area (Å²) < 4.78 is 4.78. The fourth-order valence-electron chi connectivity index (χ4n) is 1.60. The summed E-state index contributed by atoms with van der Waals surface area (Å²) in [5, 5.41) is 11.5. The predicted octanol–water partition coefficient (Wildman–Crippen LogP) is 0.315. The normalized spacial score (nSPS) is 12.6. The first-order chi connectivity index (χ1) is 9.27. The van der Waals surface area contributed by atoms with Gasteiger partial charge in [-0.25, -0.2) is 9.59 Å². The van der Waals surface area contributed by atoms with Gasteiger partial charge >= 0.3 is 12.0 Å². The third-order valence-electron chi connectivity index (χ3n) is 2.69. The topological polar surface area (TPSA) is 82.1 Å². The van der Waals surface area contributed by atoms with E-state index in [2.05, 4.69) is 5.32 Å². The average molecular weight is 289 g/mol. The molecule has 0 aromatic rings. The summed E-state index contributed by atoms with van der Waals surface area (Å²) in [7, 11) is 5.19. The van der Waals surface area contributed by atoms with Crippen LogP contribution in [-0.2, 0) is 9.53 Å². The van der Waals surface area contributed by atoms with Crippen LogP contribution in [0.3, 0.4) is 0 Å². The molecular formula is C13H27N3O4. The minimum atomic E-state index is -1.09. The minimum Gasteiger partial charge on any atom is -0.479 e. The lowest BCUT2D eigenvalue weighted by atomic mass is 10.2. The molecule has 0 aliphatic heterocycles. The number of ether oxygens (including phenoxy) is 1. The van der Waals surface area contributed by atoms with Crippen molar-refractivity contribution in [3.63, 3.8) is 0 Å². The highest BCUT2D eigenvalue weighted by Gasteiger charge is 2.20. The third kappa shape index (κ3) is 7.96. The number of nitrogens with one attached hydrogen (secondary N) is 1. The number of methoxy groups -OCH3 is 1. The van der Waals surface area contributed by atoms with Crippen molar-refractivity contribution < 1.29 is 19.4 Å². The van der Waals surface area contributed by atoms with Crippen LogP contribution in [0.25, 0.3) is 0 Å². The number of carboxylic acid groups (broad SMARTS) is 1. The SMILES string of the molecule is COC(CNC(=O)N(CCN(C)C)CC(C)C)C(=O)O. The van der Waals surface area contributed by atoms with Gasteiger partial charge in [0.05, 0.1) is 6.54 Å². The summed E-state index contributed by atoms with van der Waals surface area (Å²) in [5.74, 6) is -0.739. The minimum absolute atomic E-state index is 0.0405. The molecule has 118 valence electrons. The Morgan fingerprint density at radius 3 is 2.25 bits per heavy atom. The van der Waals surface area contributed by atoms with Gasteiger partial charge in [0.2, 0.25) is 0 Å². The van der Waals surface area contributed by atoms with Gasteiger partial charge in [-0.1, -0.05) is 13.8 Å². The van der Waals surface area contributed by atoms with Crippen molar-refractivity contribution in [2.45, 2.75) is 20.0 Å². The maximum absolute atomic E-state index is 12.1. The Morgan fingerprint density at radius 2 is 1.85 bits per heavy atom. The molecule has 0 saturated carbocycles. The molecule has 0 aromatic heterocycles. The number of aliphatic carboxylic acids is 1. The number of likely N-dealkylation sites (N-methyl/N-ethyl adjacent to an activating group) is 1. The van der Waals surface area contributed by atoms with Gasteiger partial charge in [-0.2, -0.15) is 0 Å². The second-order valence-electron chi connectivity index (χ2n) is 5.39. The Bertz CT molecular complexity index is 308. The molecule has 0 saturated heterocycles. The van der Waals surface area contributed by atoms with Crippen LogP contribution in [-0.4, -0.2) is 80.4 Å². The number of hydrogen-bond donors (Lipinski definition) is 2. The summed E-state index contributed by atoms with van der Waals surface area (Å²) in [5.41, 5.74) is 0. The molecule has 0 heterocycles. The highest BCUT2D eigenvalue weighted by Crippen LogP contribution is 2.00. The molecule has 2 amide bonds. The van der Waals surface area contributed by atoms with Gasteiger partial charge in [-0.05, 0) is 20.0 Å². The van der Waals surface area contributed by atoms with E-state index in [0.717, 1.165) is 6.54 Å². The van der Waals surface area contributed by atoms with Crippen LogP contribution < -0.4 is 5.32 Å². The van der Waals surface area contributed by atoms with Crippen LogP contribution in [0.2, 0.25) is 0 Å². The molecule has 1 unspecified atom stereocenters. The highest BCUT2D eigenvalue weighted by atomic mass is 16.5. The van der Waals surface area contributed by atoms with E-state index in [-0.39, 0.29) is 12.6 Å².